The third-order valence-electron chi connectivity index (χ3n) is 1.95. The summed E-state index contributed by atoms with van der Waals surface area (Å²) in [6.07, 6.45) is 1.29. The van der Waals surface area contributed by atoms with Crippen LogP contribution in [0.1, 0.15) is 6.92 Å². The predicted octanol–water partition coefficient (Wildman–Crippen LogP) is 2.14. The minimum Gasteiger partial charge on any atom is -0.480 e. The van der Waals surface area contributed by atoms with Crippen LogP contribution >= 0.6 is 0 Å². The van der Waals surface area contributed by atoms with Crippen LogP contribution in [0.4, 0.5) is 0 Å². The third kappa shape index (κ3) is 2.20. The van der Waals surface area contributed by atoms with Crippen LogP contribution in [0.3, 0.4) is 0 Å². The molecule has 0 saturated heterocycles. The van der Waals surface area contributed by atoms with E-state index < -0.39 is 0 Å². The van der Waals surface area contributed by atoms with Crippen molar-refractivity contribution in [1.29, 1.82) is 0 Å². The molecule has 0 N–H and O–H groups in total. The molecule has 0 unspecified atom stereocenters. The fourth-order valence-electron chi connectivity index (χ4n) is 1.25. The van der Waals surface area contributed by atoms with E-state index in [9.17, 15) is 0 Å². The fraction of sp³-hybridized carbons (Fsp3) is 0.167. The summed E-state index contributed by atoms with van der Waals surface area (Å²) in [5.74, 6) is 6.73. The zero-order valence-electron chi connectivity index (χ0n) is 8.80. The number of ether oxygens (including phenoxy) is 1. The van der Waals surface area contributed by atoms with E-state index in [0.29, 0.717) is 18.2 Å². The van der Waals surface area contributed by atoms with Crippen molar-refractivity contribution in [2.75, 3.05) is 6.61 Å². The smallest absolute Gasteiger partial charge is 0.251 e. The third-order valence-corrected chi connectivity index (χ3v) is 1.95. The number of hydrogen-bond acceptors (Lipinski definition) is 4. The molecule has 0 fully saturated rings. The van der Waals surface area contributed by atoms with Gasteiger partial charge in [-0.1, -0.05) is 18.1 Å². The molecule has 1 heterocycles. The maximum Gasteiger partial charge on any atom is 0.251 e. The molecule has 0 spiro atoms. The van der Waals surface area contributed by atoms with Crippen molar-refractivity contribution in [3.63, 3.8) is 0 Å². The number of nitrogens with zero attached hydrogens (tertiary/aromatic N) is 2. The van der Waals surface area contributed by atoms with Gasteiger partial charge in [-0.15, -0.1) is 16.1 Å². The molecular weight excluding hydrogens is 204 g/mol. The highest BCUT2D eigenvalue weighted by Gasteiger charge is 2.09. The van der Waals surface area contributed by atoms with Crippen LogP contribution in [0.15, 0.2) is 35.1 Å². The maximum absolute atomic E-state index is 5.50. The standard InChI is InChI=1S/C12H10N2O2/c1-2-3-8-15-11-7-5-4-6-10(11)12-14-13-9-16-12/h4-7,9H,8H2,1H3. The summed E-state index contributed by atoms with van der Waals surface area (Å²) >= 11 is 0. The first-order valence-electron chi connectivity index (χ1n) is 4.80. The van der Waals surface area contributed by atoms with Gasteiger partial charge in [0.2, 0.25) is 6.39 Å². The number of para-hydroxylation sites is 1. The molecule has 16 heavy (non-hydrogen) atoms. The van der Waals surface area contributed by atoms with Gasteiger partial charge in [0.05, 0.1) is 5.56 Å². The Labute approximate surface area is 93.3 Å². The Bertz CT molecular complexity index is 509. The van der Waals surface area contributed by atoms with Gasteiger partial charge in [0.1, 0.15) is 12.4 Å². The van der Waals surface area contributed by atoms with Crippen LogP contribution in [-0.2, 0) is 0 Å². The molecule has 1 aromatic carbocycles. The molecule has 0 amide bonds. The normalized spacial score (nSPS) is 9.31. The largest absolute Gasteiger partial charge is 0.480 e. The van der Waals surface area contributed by atoms with E-state index in [1.165, 1.54) is 6.39 Å². The molecule has 0 aliphatic rings. The van der Waals surface area contributed by atoms with Gasteiger partial charge in [0, 0.05) is 0 Å². The van der Waals surface area contributed by atoms with Gasteiger partial charge in [0.15, 0.2) is 0 Å². The van der Waals surface area contributed by atoms with Crippen molar-refractivity contribution < 1.29 is 9.15 Å². The monoisotopic (exact) mass is 214 g/mol. The molecule has 0 bridgehead atoms. The van der Waals surface area contributed by atoms with Gasteiger partial charge < -0.3 is 9.15 Å². The molecule has 1 aromatic heterocycles. The van der Waals surface area contributed by atoms with Crippen LogP contribution in [0.25, 0.3) is 11.5 Å². The minimum atomic E-state index is 0.349. The Balaban J connectivity index is 2.26. The Kier molecular flexibility index (Phi) is 3.19. The van der Waals surface area contributed by atoms with Gasteiger partial charge in [-0.3, -0.25) is 0 Å². The average Bonchev–Trinajstić information content (AvgIpc) is 2.83. The SMILES string of the molecule is CC#CCOc1ccccc1-c1nnco1. The lowest BCUT2D eigenvalue weighted by Gasteiger charge is -2.05. The summed E-state index contributed by atoms with van der Waals surface area (Å²) in [7, 11) is 0. The number of hydrogen-bond donors (Lipinski definition) is 0. The van der Waals surface area contributed by atoms with Gasteiger partial charge in [0.25, 0.3) is 5.89 Å². The summed E-state index contributed by atoms with van der Waals surface area (Å²) in [6.45, 7) is 2.12. The first-order chi connectivity index (χ1) is 7.92. The predicted molar refractivity (Wildman–Crippen MR) is 58.7 cm³/mol. The van der Waals surface area contributed by atoms with Crippen molar-refractivity contribution in [2.24, 2.45) is 0 Å². The fourth-order valence-corrected chi connectivity index (χ4v) is 1.25. The Morgan fingerprint density at radius 2 is 2.25 bits per heavy atom. The molecule has 4 heteroatoms. The highest BCUT2D eigenvalue weighted by atomic mass is 16.5. The first-order valence-corrected chi connectivity index (χ1v) is 4.80. The van der Waals surface area contributed by atoms with E-state index in [4.69, 9.17) is 9.15 Å². The maximum atomic E-state index is 5.50. The van der Waals surface area contributed by atoms with E-state index in [2.05, 4.69) is 22.0 Å². The summed E-state index contributed by atoms with van der Waals surface area (Å²) in [5.41, 5.74) is 0.776. The van der Waals surface area contributed by atoms with E-state index in [1.54, 1.807) is 6.92 Å². The van der Waals surface area contributed by atoms with Crippen LogP contribution in [0, 0.1) is 11.8 Å². The van der Waals surface area contributed by atoms with Crippen LogP contribution in [-0.4, -0.2) is 16.8 Å². The van der Waals surface area contributed by atoms with Crippen LogP contribution < -0.4 is 4.74 Å². The molecule has 2 aromatic rings. The van der Waals surface area contributed by atoms with Crippen LogP contribution in [0.5, 0.6) is 5.75 Å². The average molecular weight is 214 g/mol. The first kappa shape index (κ1) is 10.2. The topological polar surface area (TPSA) is 48.2 Å². The molecule has 80 valence electrons. The molecule has 0 radical (unpaired) electrons. The molecule has 0 saturated carbocycles. The second-order valence-corrected chi connectivity index (χ2v) is 2.96. The summed E-state index contributed by atoms with van der Waals surface area (Å²) in [6, 6.07) is 7.48. The van der Waals surface area contributed by atoms with Crippen molar-refractivity contribution >= 4 is 0 Å². The number of rotatable bonds is 3. The lowest BCUT2D eigenvalue weighted by Crippen LogP contribution is -1.95. The van der Waals surface area contributed by atoms with Crippen LogP contribution in [0.2, 0.25) is 0 Å². The summed E-state index contributed by atoms with van der Waals surface area (Å²) in [4.78, 5) is 0. The molecule has 2 rings (SSSR count). The Morgan fingerprint density at radius 1 is 1.38 bits per heavy atom. The summed E-state index contributed by atoms with van der Waals surface area (Å²) < 4.78 is 10.6. The van der Waals surface area contributed by atoms with Gasteiger partial charge >= 0.3 is 0 Å². The highest BCUT2D eigenvalue weighted by molar-refractivity contribution is 5.62. The molecule has 0 atom stereocenters. The molecule has 0 aliphatic carbocycles. The summed E-state index contributed by atoms with van der Waals surface area (Å²) in [5, 5.41) is 7.48. The Hall–Kier alpha value is -2.28. The zero-order valence-corrected chi connectivity index (χ0v) is 8.80. The van der Waals surface area contributed by atoms with Crippen molar-refractivity contribution in [3.05, 3.63) is 30.7 Å². The number of benzene rings is 1. The van der Waals surface area contributed by atoms with Crippen molar-refractivity contribution in [3.8, 4) is 29.0 Å². The molecular formula is C12H10N2O2. The quantitative estimate of drug-likeness (QED) is 0.734. The highest BCUT2D eigenvalue weighted by Crippen LogP contribution is 2.27. The zero-order chi connectivity index (χ0) is 11.2. The van der Waals surface area contributed by atoms with E-state index in [-0.39, 0.29) is 0 Å². The number of aromatic nitrogens is 2. The van der Waals surface area contributed by atoms with E-state index in [0.717, 1.165) is 5.56 Å². The lowest BCUT2D eigenvalue weighted by atomic mass is 10.2. The minimum absolute atomic E-state index is 0.349. The Morgan fingerprint density at radius 3 is 3.00 bits per heavy atom. The van der Waals surface area contributed by atoms with Gasteiger partial charge in [-0.25, -0.2) is 0 Å². The lowest BCUT2D eigenvalue weighted by molar-refractivity contribution is 0.370. The van der Waals surface area contributed by atoms with Crippen molar-refractivity contribution in [2.45, 2.75) is 6.92 Å². The second kappa shape index (κ2) is 4.99. The molecule has 4 nitrogen and oxygen atoms in total. The van der Waals surface area contributed by atoms with Crippen molar-refractivity contribution in [1.82, 2.24) is 10.2 Å². The van der Waals surface area contributed by atoms with Gasteiger partial charge in [-0.05, 0) is 19.1 Å². The van der Waals surface area contributed by atoms with E-state index in [1.807, 2.05) is 24.3 Å². The van der Waals surface area contributed by atoms with Gasteiger partial charge in [-0.2, -0.15) is 0 Å². The van der Waals surface area contributed by atoms with E-state index >= 15 is 0 Å². The molecule has 0 aliphatic heterocycles. The second-order valence-electron chi connectivity index (χ2n) is 2.96.